The number of hydrogen-bond donors (Lipinski definition) is 3. The number of likely N-dealkylation sites (tertiary alicyclic amines) is 2. The van der Waals surface area contributed by atoms with Gasteiger partial charge in [0.1, 0.15) is 6.10 Å². The highest BCUT2D eigenvalue weighted by atomic mass is 35.5. The number of nitrogens with zero attached hydrogens (tertiary/aromatic N) is 2. The first-order valence-corrected chi connectivity index (χ1v) is 16.1. The first-order valence-electron chi connectivity index (χ1n) is 15.7. The van der Waals surface area contributed by atoms with Gasteiger partial charge < -0.3 is 20.7 Å². The molecule has 238 valence electrons. The van der Waals surface area contributed by atoms with Crippen LogP contribution in [0.1, 0.15) is 41.6 Å². The monoisotopic (exact) mass is 631 g/mol. The van der Waals surface area contributed by atoms with Crippen molar-refractivity contribution in [2.24, 2.45) is 11.7 Å². The van der Waals surface area contributed by atoms with Crippen LogP contribution >= 0.6 is 11.6 Å². The summed E-state index contributed by atoms with van der Waals surface area (Å²) in [6.07, 6.45) is 2.51. The van der Waals surface area contributed by atoms with Crippen molar-refractivity contribution >= 4 is 35.1 Å². The fraction of sp³-hybridized carbons (Fsp3) is 0.400. The second-order valence-corrected chi connectivity index (χ2v) is 12.3. The summed E-state index contributed by atoms with van der Waals surface area (Å²) in [6, 6.07) is 23.3. The van der Waals surface area contributed by atoms with Gasteiger partial charge in [0.25, 0.3) is 0 Å². The predicted molar refractivity (Wildman–Crippen MR) is 177 cm³/mol. The van der Waals surface area contributed by atoms with Gasteiger partial charge in [-0.1, -0.05) is 66.2 Å². The first kappa shape index (κ1) is 32.6. The molecule has 0 saturated carbocycles. The van der Waals surface area contributed by atoms with Crippen LogP contribution in [0.4, 0.5) is 10.5 Å². The minimum absolute atomic E-state index is 0.0359. The van der Waals surface area contributed by atoms with Crippen molar-refractivity contribution in [2.75, 3.05) is 51.1 Å². The zero-order valence-electron chi connectivity index (χ0n) is 25.6. The zero-order chi connectivity index (χ0) is 31.6. The Hall–Kier alpha value is -3.76. The second kappa shape index (κ2) is 16.0. The lowest BCUT2D eigenvalue weighted by atomic mass is 9.96. The summed E-state index contributed by atoms with van der Waals surface area (Å²) in [5.74, 6) is -0.293. The average Bonchev–Trinajstić information content (AvgIpc) is 3.05. The number of halogens is 1. The molecule has 0 spiro atoms. The summed E-state index contributed by atoms with van der Waals surface area (Å²) in [5, 5.41) is 6.63. The van der Waals surface area contributed by atoms with E-state index in [1.165, 1.54) is 0 Å². The number of nitrogens with one attached hydrogen (secondary N) is 2. The predicted octanol–water partition coefficient (Wildman–Crippen LogP) is 5.19. The van der Waals surface area contributed by atoms with E-state index in [4.69, 9.17) is 22.1 Å². The van der Waals surface area contributed by atoms with Crippen molar-refractivity contribution < 1.29 is 19.1 Å². The van der Waals surface area contributed by atoms with Crippen LogP contribution in [0.5, 0.6) is 0 Å². The molecular formula is C35H42ClN5O4. The molecule has 0 radical (unpaired) electrons. The number of Topliss-reactive ketones (excluding diaryl/α,β-unsaturated/α-hetero) is 1. The number of ketones is 1. The molecule has 2 aliphatic rings. The van der Waals surface area contributed by atoms with Gasteiger partial charge >= 0.3 is 6.09 Å². The van der Waals surface area contributed by atoms with Crippen molar-refractivity contribution in [1.82, 2.24) is 15.1 Å². The third-order valence-corrected chi connectivity index (χ3v) is 8.99. The Morgan fingerprint density at radius 2 is 1.56 bits per heavy atom. The summed E-state index contributed by atoms with van der Waals surface area (Å²) in [7, 11) is 0. The van der Waals surface area contributed by atoms with Crippen LogP contribution in [0.2, 0.25) is 5.02 Å². The number of carbonyl (C=O) groups excluding carboxylic acids is 3. The molecule has 2 heterocycles. The van der Waals surface area contributed by atoms with Crippen LogP contribution in [0.25, 0.3) is 11.1 Å². The van der Waals surface area contributed by atoms with Gasteiger partial charge in [-0.2, -0.15) is 0 Å². The molecule has 4 N–H and O–H groups in total. The molecule has 45 heavy (non-hydrogen) atoms. The Bertz CT molecular complexity index is 1450. The number of amides is 2. The van der Waals surface area contributed by atoms with Gasteiger partial charge in [0, 0.05) is 49.8 Å². The Balaban J connectivity index is 0.982. The summed E-state index contributed by atoms with van der Waals surface area (Å²) >= 11 is 6.50. The number of hydrogen-bond acceptors (Lipinski definition) is 7. The molecule has 2 fully saturated rings. The summed E-state index contributed by atoms with van der Waals surface area (Å²) in [5.41, 5.74) is 9.70. The molecule has 0 atom stereocenters. The van der Waals surface area contributed by atoms with Crippen LogP contribution in [0.3, 0.4) is 0 Å². The van der Waals surface area contributed by atoms with Crippen LogP contribution in [-0.2, 0) is 16.1 Å². The van der Waals surface area contributed by atoms with E-state index in [0.29, 0.717) is 17.1 Å². The zero-order valence-corrected chi connectivity index (χ0v) is 26.3. The molecule has 9 nitrogen and oxygen atoms in total. The molecule has 10 heteroatoms. The van der Waals surface area contributed by atoms with Crippen LogP contribution in [0.15, 0.2) is 72.8 Å². The molecule has 2 amide bonds. The van der Waals surface area contributed by atoms with Crippen molar-refractivity contribution in [3.05, 3.63) is 88.9 Å². The van der Waals surface area contributed by atoms with E-state index in [1.54, 1.807) is 6.07 Å². The van der Waals surface area contributed by atoms with Gasteiger partial charge in [-0.25, -0.2) is 4.79 Å². The smallest absolute Gasteiger partial charge is 0.411 e. The number of primary amides is 1. The van der Waals surface area contributed by atoms with Crippen molar-refractivity contribution in [1.29, 1.82) is 0 Å². The number of para-hydroxylation sites is 1. The number of piperidine rings is 2. The third kappa shape index (κ3) is 9.37. The van der Waals surface area contributed by atoms with Crippen LogP contribution in [0, 0.1) is 5.92 Å². The Kier molecular flexibility index (Phi) is 11.6. The van der Waals surface area contributed by atoms with E-state index in [0.717, 1.165) is 87.3 Å². The minimum atomic E-state index is -0.437. The van der Waals surface area contributed by atoms with Crippen molar-refractivity contribution in [3.63, 3.8) is 0 Å². The highest BCUT2D eigenvalue weighted by Crippen LogP contribution is 2.28. The van der Waals surface area contributed by atoms with Crippen molar-refractivity contribution in [3.8, 4) is 11.1 Å². The molecule has 0 aliphatic carbocycles. The van der Waals surface area contributed by atoms with Crippen molar-refractivity contribution in [2.45, 2.75) is 38.3 Å². The number of ether oxygens (including phenoxy) is 1. The summed E-state index contributed by atoms with van der Waals surface area (Å²) in [6.45, 7) is 5.70. The molecule has 3 aromatic rings. The largest absolute Gasteiger partial charge is 0.446 e. The maximum absolute atomic E-state index is 12.8. The normalized spacial score (nSPS) is 16.7. The lowest BCUT2D eigenvalue weighted by Gasteiger charge is -2.31. The lowest BCUT2D eigenvalue weighted by Crippen LogP contribution is -2.42. The van der Waals surface area contributed by atoms with Crippen LogP contribution < -0.4 is 16.4 Å². The van der Waals surface area contributed by atoms with Gasteiger partial charge in [-0.15, -0.1) is 0 Å². The van der Waals surface area contributed by atoms with Gasteiger partial charge in [-0.05, 0) is 68.1 Å². The molecule has 2 aliphatic heterocycles. The molecule has 0 bridgehead atoms. The molecule has 0 unspecified atom stereocenters. The quantitative estimate of drug-likeness (QED) is 0.186. The van der Waals surface area contributed by atoms with Gasteiger partial charge in [0.05, 0.1) is 17.3 Å². The molecule has 5 rings (SSSR count). The average molecular weight is 632 g/mol. The summed E-state index contributed by atoms with van der Waals surface area (Å²) < 4.78 is 5.75. The molecule has 3 aromatic carbocycles. The Morgan fingerprint density at radius 1 is 0.867 bits per heavy atom. The molecule has 0 aromatic heterocycles. The Morgan fingerprint density at radius 3 is 2.27 bits per heavy atom. The van der Waals surface area contributed by atoms with E-state index in [9.17, 15) is 14.4 Å². The number of benzene rings is 3. The highest BCUT2D eigenvalue weighted by Gasteiger charge is 2.24. The second-order valence-electron chi connectivity index (χ2n) is 11.8. The molecular weight excluding hydrogens is 590 g/mol. The number of nitrogens with two attached hydrogens (primary N) is 1. The number of carbonyl (C=O) groups is 3. The maximum Gasteiger partial charge on any atom is 0.411 e. The fourth-order valence-electron chi connectivity index (χ4n) is 6.05. The highest BCUT2D eigenvalue weighted by molar-refractivity contribution is 6.34. The minimum Gasteiger partial charge on any atom is -0.446 e. The van der Waals surface area contributed by atoms with Gasteiger partial charge in [-0.3, -0.25) is 19.8 Å². The number of anilines is 1. The third-order valence-electron chi connectivity index (χ3n) is 8.68. The van der Waals surface area contributed by atoms with E-state index >= 15 is 0 Å². The van der Waals surface area contributed by atoms with E-state index in [2.05, 4.69) is 20.4 Å². The topological polar surface area (TPSA) is 117 Å². The molecule has 2 saturated heterocycles. The van der Waals surface area contributed by atoms with Gasteiger partial charge in [0.2, 0.25) is 5.91 Å². The lowest BCUT2D eigenvalue weighted by molar-refractivity contribution is -0.123. The van der Waals surface area contributed by atoms with Gasteiger partial charge in [0.15, 0.2) is 5.78 Å². The Labute approximate surface area is 270 Å². The SMILES string of the molecule is NC(=O)C1CCN(Cc2ccc(C(=O)CNCCN3CCC(OC(=O)Nc4ccccc4-c4ccccc4)CC3)c(Cl)c2)CC1. The van der Waals surface area contributed by atoms with E-state index in [1.807, 2.05) is 66.7 Å². The summed E-state index contributed by atoms with van der Waals surface area (Å²) in [4.78, 5) is 41.5. The van der Waals surface area contributed by atoms with E-state index in [-0.39, 0.29) is 30.3 Å². The first-order chi connectivity index (χ1) is 21.9. The standard InChI is InChI=1S/C35H42ClN5O4/c36-31-22-25(24-41-17-12-27(13-18-41)34(37)43)10-11-30(31)33(42)23-38-16-21-40-19-14-28(15-20-40)45-35(44)39-32-9-5-4-8-29(32)26-6-2-1-3-7-26/h1-11,22,27-28,38H,12-21,23-24H2,(H2,37,43)(H,39,44). The van der Waals surface area contributed by atoms with E-state index < -0.39 is 6.09 Å². The number of rotatable bonds is 12. The maximum atomic E-state index is 12.8. The fourth-order valence-corrected chi connectivity index (χ4v) is 6.36. The van der Waals surface area contributed by atoms with Crippen LogP contribution in [-0.4, -0.2) is 79.5 Å².